The first-order valence-corrected chi connectivity index (χ1v) is 9.02. The van der Waals surface area contributed by atoms with Gasteiger partial charge in [-0.1, -0.05) is 60.1 Å². The average Bonchev–Trinajstić information content (AvgIpc) is 2.72. The number of carbonyl (C=O) groups is 1. The number of hydrogen-bond acceptors (Lipinski definition) is 3. The molecule has 5 heteroatoms. The van der Waals surface area contributed by atoms with Gasteiger partial charge >= 0.3 is 0 Å². The molecule has 0 spiro atoms. The Hall–Kier alpha value is -2.98. The summed E-state index contributed by atoms with van der Waals surface area (Å²) in [5, 5.41) is 3.72. The van der Waals surface area contributed by atoms with Crippen molar-refractivity contribution in [2.24, 2.45) is 0 Å². The maximum Gasteiger partial charge on any atom is 0.246 e. The number of hydrogen-bond donors (Lipinski definition) is 1. The molecule has 0 aliphatic carbocycles. The Morgan fingerprint density at radius 1 is 1.00 bits per heavy atom. The van der Waals surface area contributed by atoms with Crippen LogP contribution in [0.25, 0.3) is 0 Å². The van der Waals surface area contributed by atoms with Gasteiger partial charge in [0.25, 0.3) is 0 Å². The first kappa shape index (κ1) is 18.8. The summed E-state index contributed by atoms with van der Waals surface area (Å²) < 4.78 is 5.33. The van der Waals surface area contributed by atoms with Crippen molar-refractivity contribution < 1.29 is 9.53 Å². The molecular weight excluding hydrogens is 360 g/mol. The lowest BCUT2D eigenvalue weighted by molar-refractivity contribution is -0.117. The molecule has 0 bridgehead atoms. The number of anilines is 2. The molecule has 3 aromatic carbocycles. The zero-order valence-corrected chi connectivity index (χ0v) is 15.8. The van der Waals surface area contributed by atoms with Crippen molar-refractivity contribution in [1.29, 1.82) is 0 Å². The third-order valence-corrected chi connectivity index (χ3v) is 4.38. The number of methoxy groups -OCH3 is 1. The number of halogens is 1. The Balaban J connectivity index is 1.78. The Labute approximate surface area is 164 Å². The van der Waals surface area contributed by atoms with Crippen molar-refractivity contribution in [3.63, 3.8) is 0 Å². The molecule has 0 heterocycles. The lowest BCUT2D eigenvalue weighted by Gasteiger charge is -2.24. The lowest BCUT2D eigenvalue weighted by atomic mass is 10.2. The van der Waals surface area contributed by atoms with Crippen LogP contribution in [-0.2, 0) is 11.3 Å². The number of nitrogens with one attached hydrogen (secondary N) is 1. The summed E-state index contributed by atoms with van der Waals surface area (Å²) in [6, 6.07) is 24.8. The predicted molar refractivity (Wildman–Crippen MR) is 111 cm³/mol. The van der Waals surface area contributed by atoms with Crippen LogP contribution in [0.1, 0.15) is 5.56 Å². The second-order valence-electron chi connectivity index (χ2n) is 6.00. The van der Waals surface area contributed by atoms with E-state index in [0.29, 0.717) is 23.0 Å². The summed E-state index contributed by atoms with van der Waals surface area (Å²) in [7, 11) is 1.59. The normalized spacial score (nSPS) is 10.3. The van der Waals surface area contributed by atoms with Crippen molar-refractivity contribution in [2.75, 3.05) is 23.9 Å². The molecule has 0 atom stereocenters. The highest BCUT2D eigenvalue weighted by Crippen LogP contribution is 2.27. The number of para-hydroxylation sites is 1. The van der Waals surface area contributed by atoms with E-state index in [9.17, 15) is 4.79 Å². The number of ether oxygens (including phenoxy) is 1. The number of nitrogens with zero attached hydrogens (tertiary/aromatic N) is 1. The van der Waals surface area contributed by atoms with E-state index >= 15 is 0 Å². The predicted octanol–water partition coefficient (Wildman–Crippen LogP) is 4.99. The van der Waals surface area contributed by atoms with Gasteiger partial charge in [-0.3, -0.25) is 4.79 Å². The van der Waals surface area contributed by atoms with Crippen LogP contribution in [0.4, 0.5) is 11.4 Å². The van der Waals surface area contributed by atoms with Crippen molar-refractivity contribution >= 4 is 28.9 Å². The minimum atomic E-state index is -0.0490. The van der Waals surface area contributed by atoms with Crippen molar-refractivity contribution in [3.8, 4) is 5.75 Å². The van der Waals surface area contributed by atoms with E-state index in [1.165, 1.54) is 0 Å². The molecule has 0 fully saturated rings. The molecule has 0 unspecified atom stereocenters. The summed E-state index contributed by atoms with van der Waals surface area (Å²) in [6.45, 7) is 0.622. The summed E-state index contributed by atoms with van der Waals surface area (Å²) in [6.07, 6.45) is 0. The van der Waals surface area contributed by atoms with E-state index in [1.807, 2.05) is 60.7 Å². The molecule has 4 nitrogen and oxygen atoms in total. The van der Waals surface area contributed by atoms with Gasteiger partial charge < -0.3 is 15.0 Å². The fourth-order valence-corrected chi connectivity index (χ4v) is 2.95. The summed E-state index contributed by atoms with van der Waals surface area (Å²) in [5.41, 5.74) is 2.60. The summed E-state index contributed by atoms with van der Waals surface area (Å²) >= 11 is 6.06. The standard InChI is InChI=1S/C22H21ClN2O2/c1-27-21-13-12-18(23)14-20(21)24-15-22(26)25(19-10-6-3-7-11-19)16-17-8-4-2-5-9-17/h2-14,24H,15-16H2,1H3. The zero-order chi connectivity index (χ0) is 19.1. The lowest BCUT2D eigenvalue weighted by Crippen LogP contribution is -2.35. The van der Waals surface area contributed by atoms with Gasteiger partial charge in [-0.05, 0) is 35.9 Å². The van der Waals surface area contributed by atoms with Crippen LogP contribution in [0.5, 0.6) is 5.75 Å². The SMILES string of the molecule is COc1ccc(Cl)cc1NCC(=O)N(Cc1ccccc1)c1ccccc1. The molecule has 138 valence electrons. The molecule has 0 saturated carbocycles. The first-order chi connectivity index (χ1) is 13.2. The fraction of sp³-hybridized carbons (Fsp3) is 0.136. The van der Waals surface area contributed by atoms with Gasteiger partial charge in [0.2, 0.25) is 5.91 Å². The highest BCUT2D eigenvalue weighted by Gasteiger charge is 2.16. The molecule has 0 aliphatic heterocycles. The van der Waals surface area contributed by atoms with Crippen LogP contribution in [0.2, 0.25) is 5.02 Å². The van der Waals surface area contributed by atoms with Crippen LogP contribution in [0, 0.1) is 0 Å². The van der Waals surface area contributed by atoms with Crippen LogP contribution in [-0.4, -0.2) is 19.6 Å². The topological polar surface area (TPSA) is 41.6 Å². The molecule has 0 saturated heterocycles. The second kappa shape index (κ2) is 9.10. The number of amides is 1. The number of benzene rings is 3. The maximum absolute atomic E-state index is 13.0. The van der Waals surface area contributed by atoms with Crippen LogP contribution in [0.15, 0.2) is 78.9 Å². The first-order valence-electron chi connectivity index (χ1n) is 8.64. The second-order valence-corrected chi connectivity index (χ2v) is 6.44. The highest BCUT2D eigenvalue weighted by atomic mass is 35.5. The van der Waals surface area contributed by atoms with E-state index in [1.54, 1.807) is 30.2 Å². The minimum Gasteiger partial charge on any atom is -0.495 e. The minimum absolute atomic E-state index is 0.0490. The average molecular weight is 381 g/mol. The van der Waals surface area contributed by atoms with E-state index < -0.39 is 0 Å². The van der Waals surface area contributed by atoms with Gasteiger partial charge in [0.15, 0.2) is 0 Å². The van der Waals surface area contributed by atoms with Crippen LogP contribution in [0.3, 0.4) is 0 Å². The summed E-state index contributed by atoms with van der Waals surface area (Å²) in [5.74, 6) is 0.591. The molecule has 27 heavy (non-hydrogen) atoms. The third-order valence-electron chi connectivity index (χ3n) is 4.14. The largest absolute Gasteiger partial charge is 0.495 e. The summed E-state index contributed by atoms with van der Waals surface area (Å²) in [4.78, 5) is 14.8. The monoisotopic (exact) mass is 380 g/mol. The van der Waals surface area contributed by atoms with Gasteiger partial charge in [-0.15, -0.1) is 0 Å². The molecule has 1 amide bonds. The van der Waals surface area contributed by atoms with E-state index in [-0.39, 0.29) is 12.5 Å². The van der Waals surface area contributed by atoms with Gasteiger partial charge in [-0.2, -0.15) is 0 Å². The van der Waals surface area contributed by atoms with E-state index in [0.717, 1.165) is 11.3 Å². The highest BCUT2D eigenvalue weighted by molar-refractivity contribution is 6.31. The van der Waals surface area contributed by atoms with Gasteiger partial charge in [0, 0.05) is 10.7 Å². The third kappa shape index (κ3) is 5.02. The Morgan fingerprint density at radius 3 is 2.33 bits per heavy atom. The van der Waals surface area contributed by atoms with Gasteiger partial charge in [-0.25, -0.2) is 0 Å². The zero-order valence-electron chi connectivity index (χ0n) is 15.1. The maximum atomic E-state index is 13.0. The van der Waals surface area contributed by atoms with Gasteiger partial charge in [0.1, 0.15) is 5.75 Å². The molecule has 0 aromatic heterocycles. The molecule has 0 radical (unpaired) electrons. The number of carbonyl (C=O) groups excluding carboxylic acids is 1. The van der Waals surface area contributed by atoms with Crippen LogP contribution >= 0.6 is 11.6 Å². The fourth-order valence-electron chi connectivity index (χ4n) is 2.78. The smallest absolute Gasteiger partial charge is 0.246 e. The molecule has 3 rings (SSSR count). The Bertz CT molecular complexity index is 885. The van der Waals surface area contributed by atoms with Crippen molar-refractivity contribution in [3.05, 3.63) is 89.4 Å². The Kier molecular flexibility index (Phi) is 6.34. The molecule has 1 N–H and O–H groups in total. The van der Waals surface area contributed by atoms with Gasteiger partial charge in [0.05, 0.1) is 25.9 Å². The van der Waals surface area contributed by atoms with Crippen molar-refractivity contribution in [1.82, 2.24) is 0 Å². The van der Waals surface area contributed by atoms with Crippen LogP contribution < -0.4 is 15.0 Å². The quantitative estimate of drug-likeness (QED) is 0.627. The Morgan fingerprint density at radius 2 is 1.67 bits per heavy atom. The van der Waals surface area contributed by atoms with E-state index in [4.69, 9.17) is 16.3 Å². The number of rotatable bonds is 7. The molecular formula is C22H21ClN2O2. The molecule has 0 aliphatic rings. The van der Waals surface area contributed by atoms with Crippen molar-refractivity contribution in [2.45, 2.75) is 6.54 Å². The molecule has 3 aromatic rings. The van der Waals surface area contributed by atoms with E-state index in [2.05, 4.69) is 5.32 Å².